The van der Waals surface area contributed by atoms with Crippen LogP contribution in [0, 0.1) is 6.92 Å². The fraction of sp³-hybridized carbons (Fsp3) is 0.316. The van der Waals surface area contributed by atoms with Gasteiger partial charge in [0.15, 0.2) is 0 Å². The molecule has 0 aliphatic carbocycles. The molecule has 1 heterocycles. The molecule has 0 radical (unpaired) electrons. The minimum absolute atomic E-state index is 0.0115. The molecule has 1 amide bonds. The topological polar surface area (TPSA) is 23.6 Å². The van der Waals surface area contributed by atoms with E-state index in [-0.39, 0.29) is 11.9 Å². The summed E-state index contributed by atoms with van der Waals surface area (Å²) < 4.78 is 0. The van der Waals surface area contributed by atoms with Crippen molar-refractivity contribution in [3.8, 4) is 0 Å². The SMILES string of the molecule is CN1CCC(N(C)c2ccccc2)C1=O.Cc1ccccc1. The van der Waals surface area contributed by atoms with Gasteiger partial charge in [-0.3, -0.25) is 4.79 Å². The number of carbonyl (C=O) groups excluding carboxylic acids is 1. The van der Waals surface area contributed by atoms with Crippen LogP contribution in [-0.2, 0) is 4.79 Å². The molecule has 1 atom stereocenters. The number of nitrogens with zero attached hydrogens (tertiary/aromatic N) is 2. The summed E-state index contributed by atoms with van der Waals surface area (Å²) in [7, 11) is 3.85. The van der Waals surface area contributed by atoms with Gasteiger partial charge in [0.1, 0.15) is 6.04 Å². The van der Waals surface area contributed by atoms with Gasteiger partial charge in [-0.15, -0.1) is 0 Å². The van der Waals surface area contributed by atoms with Crippen molar-refractivity contribution in [2.45, 2.75) is 19.4 Å². The smallest absolute Gasteiger partial charge is 0.245 e. The molecule has 2 aromatic carbocycles. The Morgan fingerprint density at radius 3 is 1.95 bits per heavy atom. The standard InChI is InChI=1S/C12H16N2O.C7H8/c1-13-9-8-11(12(13)15)14(2)10-6-4-3-5-7-10;1-7-5-3-2-4-6-7/h3-7,11H,8-9H2,1-2H3;2-6H,1H3. The minimum Gasteiger partial charge on any atom is -0.363 e. The quantitative estimate of drug-likeness (QED) is 0.848. The molecule has 3 nitrogen and oxygen atoms in total. The molecule has 1 aliphatic heterocycles. The van der Waals surface area contributed by atoms with Gasteiger partial charge < -0.3 is 9.80 Å². The summed E-state index contributed by atoms with van der Waals surface area (Å²) >= 11 is 0. The van der Waals surface area contributed by atoms with Crippen molar-refractivity contribution in [1.82, 2.24) is 4.90 Å². The van der Waals surface area contributed by atoms with E-state index in [1.807, 2.05) is 62.6 Å². The van der Waals surface area contributed by atoms with Gasteiger partial charge in [0.05, 0.1) is 0 Å². The van der Waals surface area contributed by atoms with E-state index in [1.165, 1.54) is 5.56 Å². The molecule has 1 unspecified atom stereocenters. The molecule has 116 valence electrons. The number of hydrogen-bond donors (Lipinski definition) is 0. The first-order valence-corrected chi connectivity index (χ1v) is 7.64. The largest absolute Gasteiger partial charge is 0.363 e. The predicted octanol–water partition coefficient (Wildman–Crippen LogP) is 3.35. The predicted molar refractivity (Wildman–Crippen MR) is 92.1 cm³/mol. The van der Waals surface area contributed by atoms with Crippen LogP contribution in [0.1, 0.15) is 12.0 Å². The summed E-state index contributed by atoms with van der Waals surface area (Å²) in [5.74, 6) is 0.223. The number of hydrogen-bond acceptors (Lipinski definition) is 2. The minimum atomic E-state index is 0.0115. The van der Waals surface area contributed by atoms with Crippen LogP contribution in [0.4, 0.5) is 5.69 Å². The highest BCUT2D eigenvalue weighted by Crippen LogP contribution is 2.21. The van der Waals surface area contributed by atoms with E-state index in [0.29, 0.717) is 0 Å². The van der Waals surface area contributed by atoms with Crippen molar-refractivity contribution in [3.05, 3.63) is 66.2 Å². The Morgan fingerprint density at radius 1 is 1.00 bits per heavy atom. The maximum Gasteiger partial charge on any atom is 0.245 e. The van der Waals surface area contributed by atoms with Crippen molar-refractivity contribution in [1.29, 1.82) is 0 Å². The Labute approximate surface area is 133 Å². The number of anilines is 1. The van der Waals surface area contributed by atoms with E-state index < -0.39 is 0 Å². The molecular formula is C19H24N2O. The maximum atomic E-state index is 11.8. The number of amides is 1. The highest BCUT2D eigenvalue weighted by molar-refractivity contribution is 5.87. The van der Waals surface area contributed by atoms with Crippen LogP contribution in [0.25, 0.3) is 0 Å². The lowest BCUT2D eigenvalue weighted by molar-refractivity contribution is -0.127. The molecule has 1 aliphatic rings. The van der Waals surface area contributed by atoms with E-state index in [9.17, 15) is 4.79 Å². The third-order valence-electron chi connectivity index (χ3n) is 3.97. The van der Waals surface area contributed by atoms with Crippen LogP contribution >= 0.6 is 0 Å². The lowest BCUT2D eigenvalue weighted by Gasteiger charge is -2.25. The molecule has 3 rings (SSSR count). The van der Waals surface area contributed by atoms with Crippen molar-refractivity contribution in [3.63, 3.8) is 0 Å². The number of rotatable bonds is 2. The molecule has 3 heteroatoms. The lowest BCUT2D eigenvalue weighted by atomic mass is 10.2. The Bertz CT molecular complexity index is 583. The number of carbonyl (C=O) groups is 1. The van der Waals surface area contributed by atoms with Crippen LogP contribution in [0.5, 0.6) is 0 Å². The first-order chi connectivity index (χ1) is 10.6. The second kappa shape index (κ2) is 7.64. The summed E-state index contributed by atoms with van der Waals surface area (Å²) in [5, 5.41) is 0. The van der Waals surface area contributed by atoms with E-state index in [0.717, 1.165) is 18.7 Å². The summed E-state index contributed by atoms with van der Waals surface area (Å²) in [5.41, 5.74) is 2.42. The van der Waals surface area contributed by atoms with Gasteiger partial charge in [0.2, 0.25) is 5.91 Å². The Kier molecular flexibility index (Phi) is 5.59. The van der Waals surface area contributed by atoms with E-state index in [2.05, 4.69) is 24.0 Å². The zero-order chi connectivity index (χ0) is 15.9. The van der Waals surface area contributed by atoms with E-state index in [1.54, 1.807) is 4.90 Å². The molecular weight excluding hydrogens is 272 g/mol. The Balaban J connectivity index is 0.000000211. The molecule has 22 heavy (non-hydrogen) atoms. The van der Waals surface area contributed by atoms with Crippen molar-refractivity contribution < 1.29 is 4.79 Å². The summed E-state index contributed by atoms with van der Waals surface area (Å²) in [6.45, 7) is 2.95. The normalized spacial score (nSPS) is 17.0. The fourth-order valence-corrected chi connectivity index (χ4v) is 2.54. The number of aryl methyl sites for hydroxylation is 1. The molecule has 0 saturated carbocycles. The first-order valence-electron chi connectivity index (χ1n) is 7.64. The molecule has 0 N–H and O–H groups in total. The van der Waals surface area contributed by atoms with E-state index >= 15 is 0 Å². The summed E-state index contributed by atoms with van der Waals surface area (Å²) in [4.78, 5) is 15.7. The number of benzene rings is 2. The van der Waals surface area contributed by atoms with Crippen LogP contribution < -0.4 is 4.90 Å². The Hall–Kier alpha value is -2.29. The van der Waals surface area contributed by atoms with Crippen molar-refractivity contribution in [2.75, 3.05) is 25.5 Å². The van der Waals surface area contributed by atoms with Crippen LogP contribution in [0.15, 0.2) is 60.7 Å². The van der Waals surface area contributed by atoms with Crippen molar-refractivity contribution in [2.24, 2.45) is 0 Å². The average Bonchev–Trinajstić information content (AvgIpc) is 2.88. The molecule has 1 saturated heterocycles. The zero-order valence-corrected chi connectivity index (χ0v) is 13.6. The third kappa shape index (κ3) is 4.10. The first kappa shape index (κ1) is 16.1. The fourth-order valence-electron chi connectivity index (χ4n) is 2.54. The summed E-state index contributed by atoms with van der Waals surface area (Å²) in [6, 6.07) is 20.3. The number of para-hydroxylation sites is 1. The maximum absolute atomic E-state index is 11.8. The van der Waals surface area contributed by atoms with Crippen LogP contribution in [0.2, 0.25) is 0 Å². The second-order valence-corrected chi connectivity index (χ2v) is 5.67. The van der Waals surface area contributed by atoms with Crippen LogP contribution in [0.3, 0.4) is 0 Å². The van der Waals surface area contributed by atoms with E-state index in [4.69, 9.17) is 0 Å². The molecule has 0 bridgehead atoms. The van der Waals surface area contributed by atoms with Gasteiger partial charge in [0.25, 0.3) is 0 Å². The highest BCUT2D eigenvalue weighted by atomic mass is 16.2. The number of likely N-dealkylation sites (tertiary alicyclic amines) is 1. The van der Waals surface area contributed by atoms with Crippen molar-refractivity contribution >= 4 is 11.6 Å². The monoisotopic (exact) mass is 296 g/mol. The van der Waals surface area contributed by atoms with Crippen LogP contribution in [-0.4, -0.2) is 37.5 Å². The lowest BCUT2D eigenvalue weighted by Crippen LogP contribution is -2.38. The summed E-state index contributed by atoms with van der Waals surface area (Å²) in [6.07, 6.45) is 0.917. The average molecular weight is 296 g/mol. The highest BCUT2D eigenvalue weighted by Gasteiger charge is 2.32. The van der Waals surface area contributed by atoms with Gasteiger partial charge in [-0.05, 0) is 25.5 Å². The third-order valence-corrected chi connectivity index (χ3v) is 3.97. The molecule has 1 fully saturated rings. The zero-order valence-electron chi connectivity index (χ0n) is 13.6. The van der Waals surface area contributed by atoms with Gasteiger partial charge in [-0.2, -0.15) is 0 Å². The molecule has 2 aromatic rings. The Morgan fingerprint density at radius 2 is 1.55 bits per heavy atom. The van der Waals surface area contributed by atoms with Gasteiger partial charge in [0, 0.05) is 26.3 Å². The number of likely N-dealkylation sites (N-methyl/N-ethyl adjacent to an activating group) is 2. The van der Waals surface area contributed by atoms with Gasteiger partial charge >= 0.3 is 0 Å². The second-order valence-electron chi connectivity index (χ2n) is 5.67. The molecule has 0 spiro atoms. The van der Waals surface area contributed by atoms with Gasteiger partial charge in [-0.25, -0.2) is 0 Å². The molecule has 0 aromatic heterocycles. The van der Waals surface area contributed by atoms with Gasteiger partial charge in [-0.1, -0.05) is 54.1 Å².